The molecule has 3 nitrogen and oxygen atoms in total. The Balaban J connectivity index is 1.79. The van der Waals surface area contributed by atoms with Gasteiger partial charge in [0.05, 0.1) is 6.61 Å². The molecule has 1 N–H and O–H groups in total. The predicted molar refractivity (Wildman–Crippen MR) is 62.2 cm³/mol. The molecule has 1 aromatic rings. The lowest BCUT2D eigenvalue weighted by Gasteiger charge is -2.23. The number of halogens is 1. The molecule has 0 spiro atoms. The summed E-state index contributed by atoms with van der Waals surface area (Å²) >= 11 is 3.38. The lowest BCUT2D eigenvalue weighted by molar-refractivity contribution is 0.000193. The van der Waals surface area contributed by atoms with E-state index >= 15 is 0 Å². The maximum atomic E-state index is 5.61. The van der Waals surface area contributed by atoms with Gasteiger partial charge in [-0.15, -0.1) is 0 Å². The quantitative estimate of drug-likeness (QED) is 0.910. The van der Waals surface area contributed by atoms with Crippen LogP contribution in [0.3, 0.4) is 0 Å². The summed E-state index contributed by atoms with van der Waals surface area (Å²) in [5, 5.41) is 3.27. The highest BCUT2D eigenvalue weighted by Gasteiger charge is 2.13. The monoisotopic (exact) mass is 271 g/mol. The largest absolute Gasteiger partial charge is 0.491 e. The Kier molecular flexibility index (Phi) is 4.00. The highest BCUT2D eigenvalue weighted by atomic mass is 79.9. The Hall–Kier alpha value is -0.580. The Morgan fingerprint density at radius 2 is 2.20 bits per heavy atom. The summed E-state index contributed by atoms with van der Waals surface area (Å²) in [7, 11) is 0. The molecule has 0 bridgehead atoms. The van der Waals surface area contributed by atoms with Gasteiger partial charge in [0.1, 0.15) is 18.5 Å². The summed E-state index contributed by atoms with van der Waals surface area (Å²) in [6.45, 7) is 3.19. The standard InChI is InChI=1S/C11H14BrNO2/c12-9-1-3-10(4-2-9)15-8-11-7-13-5-6-14-11/h1-4,11,13H,5-8H2/t11-/m0/s1. The first-order chi connectivity index (χ1) is 7.34. The zero-order chi connectivity index (χ0) is 10.5. The summed E-state index contributed by atoms with van der Waals surface area (Å²) in [5.41, 5.74) is 0. The molecule has 1 aliphatic rings. The van der Waals surface area contributed by atoms with E-state index in [2.05, 4.69) is 21.2 Å². The van der Waals surface area contributed by atoms with Gasteiger partial charge < -0.3 is 14.8 Å². The second kappa shape index (κ2) is 5.49. The van der Waals surface area contributed by atoms with Gasteiger partial charge in [0.25, 0.3) is 0 Å². The zero-order valence-electron chi connectivity index (χ0n) is 8.41. The van der Waals surface area contributed by atoms with Crippen LogP contribution in [-0.4, -0.2) is 32.4 Å². The molecule has 0 saturated carbocycles. The predicted octanol–water partition coefficient (Wildman–Crippen LogP) is 1.82. The van der Waals surface area contributed by atoms with Crippen LogP contribution < -0.4 is 10.1 Å². The first kappa shape index (κ1) is 10.9. The fraction of sp³-hybridized carbons (Fsp3) is 0.455. The molecule has 4 heteroatoms. The molecule has 2 rings (SSSR count). The summed E-state index contributed by atoms with van der Waals surface area (Å²) in [6, 6.07) is 7.82. The van der Waals surface area contributed by atoms with E-state index in [1.807, 2.05) is 24.3 Å². The molecule has 0 amide bonds. The second-order valence-electron chi connectivity index (χ2n) is 3.46. The number of morpholine rings is 1. The lowest BCUT2D eigenvalue weighted by atomic mass is 10.3. The molecule has 0 radical (unpaired) electrons. The minimum atomic E-state index is 0.169. The molecule has 1 atom stereocenters. The fourth-order valence-corrected chi connectivity index (χ4v) is 1.71. The van der Waals surface area contributed by atoms with Crippen molar-refractivity contribution in [2.24, 2.45) is 0 Å². The minimum absolute atomic E-state index is 0.169. The highest BCUT2D eigenvalue weighted by Crippen LogP contribution is 2.16. The van der Waals surface area contributed by atoms with E-state index in [1.54, 1.807) is 0 Å². The van der Waals surface area contributed by atoms with E-state index < -0.39 is 0 Å². The molecule has 0 unspecified atom stereocenters. The van der Waals surface area contributed by atoms with Gasteiger partial charge >= 0.3 is 0 Å². The zero-order valence-corrected chi connectivity index (χ0v) is 10.00. The van der Waals surface area contributed by atoms with Crippen molar-refractivity contribution in [3.8, 4) is 5.75 Å². The number of rotatable bonds is 3. The summed E-state index contributed by atoms with van der Waals surface area (Å²) < 4.78 is 12.2. The van der Waals surface area contributed by atoms with Gasteiger partial charge in [0, 0.05) is 17.6 Å². The van der Waals surface area contributed by atoms with E-state index in [1.165, 1.54) is 0 Å². The summed E-state index contributed by atoms with van der Waals surface area (Å²) in [6.07, 6.45) is 0.169. The number of hydrogen-bond acceptors (Lipinski definition) is 3. The van der Waals surface area contributed by atoms with Crippen LogP contribution in [0.5, 0.6) is 5.75 Å². The number of nitrogens with one attached hydrogen (secondary N) is 1. The average Bonchev–Trinajstić information content (AvgIpc) is 2.30. The Bertz CT molecular complexity index is 296. The fourth-order valence-electron chi connectivity index (χ4n) is 1.45. The van der Waals surface area contributed by atoms with Crippen LogP contribution in [0.15, 0.2) is 28.7 Å². The van der Waals surface area contributed by atoms with Crippen molar-refractivity contribution >= 4 is 15.9 Å². The molecule has 1 saturated heterocycles. The normalized spacial score (nSPS) is 21.3. The topological polar surface area (TPSA) is 30.5 Å². The smallest absolute Gasteiger partial charge is 0.119 e. The van der Waals surface area contributed by atoms with Gasteiger partial charge in [-0.3, -0.25) is 0 Å². The first-order valence-electron chi connectivity index (χ1n) is 5.05. The van der Waals surface area contributed by atoms with E-state index in [-0.39, 0.29) is 6.10 Å². The van der Waals surface area contributed by atoms with Crippen molar-refractivity contribution in [1.82, 2.24) is 5.32 Å². The van der Waals surface area contributed by atoms with Crippen LogP contribution in [0.25, 0.3) is 0 Å². The Morgan fingerprint density at radius 1 is 1.40 bits per heavy atom. The average molecular weight is 272 g/mol. The lowest BCUT2D eigenvalue weighted by Crippen LogP contribution is -2.41. The van der Waals surface area contributed by atoms with Gasteiger partial charge in [-0.1, -0.05) is 15.9 Å². The molecule has 0 aliphatic carbocycles. The highest BCUT2D eigenvalue weighted by molar-refractivity contribution is 9.10. The van der Waals surface area contributed by atoms with Gasteiger partial charge in [-0.05, 0) is 24.3 Å². The van der Waals surface area contributed by atoms with E-state index in [4.69, 9.17) is 9.47 Å². The van der Waals surface area contributed by atoms with Crippen LogP contribution in [-0.2, 0) is 4.74 Å². The van der Waals surface area contributed by atoms with Crippen molar-refractivity contribution in [3.63, 3.8) is 0 Å². The van der Waals surface area contributed by atoms with E-state index in [9.17, 15) is 0 Å². The third-order valence-electron chi connectivity index (χ3n) is 2.25. The maximum Gasteiger partial charge on any atom is 0.119 e. The van der Waals surface area contributed by atoms with Gasteiger partial charge in [-0.2, -0.15) is 0 Å². The van der Waals surface area contributed by atoms with Crippen LogP contribution in [0.2, 0.25) is 0 Å². The van der Waals surface area contributed by atoms with Crippen molar-refractivity contribution in [2.75, 3.05) is 26.3 Å². The Labute approximate surface area is 97.9 Å². The third kappa shape index (κ3) is 3.48. The minimum Gasteiger partial charge on any atom is -0.491 e. The van der Waals surface area contributed by atoms with Crippen LogP contribution in [0, 0.1) is 0 Å². The molecular formula is C11H14BrNO2. The molecule has 1 aromatic carbocycles. The molecule has 1 fully saturated rings. The van der Waals surface area contributed by atoms with Crippen LogP contribution in [0.4, 0.5) is 0 Å². The maximum absolute atomic E-state index is 5.61. The van der Waals surface area contributed by atoms with Crippen LogP contribution >= 0.6 is 15.9 Å². The SMILES string of the molecule is Brc1ccc(OC[C@@H]2CNCCO2)cc1. The second-order valence-corrected chi connectivity index (χ2v) is 4.38. The Morgan fingerprint density at radius 3 is 2.87 bits per heavy atom. The molecule has 0 aromatic heterocycles. The summed E-state index contributed by atoms with van der Waals surface area (Å²) in [4.78, 5) is 0. The van der Waals surface area contributed by atoms with E-state index in [0.717, 1.165) is 29.9 Å². The number of hydrogen-bond donors (Lipinski definition) is 1. The van der Waals surface area contributed by atoms with Crippen molar-refractivity contribution in [1.29, 1.82) is 0 Å². The first-order valence-corrected chi connectivity index (χ1v) is 5.84. The van der Waals surface area contributed by atoms with Gasteiger partial charge in [0.15, 0.2) is 0 Å². The molecule has 1 heterocycles. The van der Waals surface area contributed by atoms with Crippen molar-refractivity contribution in [3.05, 3.63) is 28.7 Å². The van der Waals surface area contributed by atoms with Gasteiger partial charge in [0.2, 0.25) is 0 Å². The van der Waals surface area contributed by atoms with Crippen LogP contribution in [0.1, 0.15) is 0 Å². The number of ether oxygens (including phenoxy) is 2. The van der Waals surface area contributed by atoms with Gasteiger partial charge in [-0.25, -0.2) is 0 Å². The molecule has 15 heavy (non-hydrogen) atoms. The van der Waals surface area contributed by atoms with Crippen molar-refractivity contribution < 1.29 is 9.47 Å². The molecule has 82 valence electrons. The number of benzene rings is 1. The van der Waals surface area contributed by atoms with E-state index in [0.29, 0.717) is 6.61 Å². The third-order valence-corrected chi connectivity index (χ3v) is 2.78. The summed E-state index contributed by atoms with van der Waals surface area (Å²) in [5.74, 6) is 0.882. The molecular weight excluding hydrogens is 258 g/mol. The van der Waals surface area contributed by atoms with Crippen molar-refractivity contribution in [2.45, 2.75) is 6.10 Å². The molecule has 1 aliphatic heterocycles.